The zero-order valence-electron chi connectivity index (χ0n) is 7.32. The topological polar surface area (TPSA) is 43.4 Å². The molecule has 1 aromatic carbocycles. The third-order valence-electron chi connectivity index (χ3n) is 1.60. The van der Waals surface area contributed by atoms with Gasteiger partial charge in [-0.25, -0.2) is 0 Å². The molecule has 3 nitrogen and oxygen atoms in total. The Morgan fingerprint density at radius 2 is 2.08 bits per heavy atom. The van der Waals surface area contributed by atoms with E-state index in [1.165, 1.54) is 6.07 Å². The molecule has 0 saturated heterocycles. The molecule has 0 aromatic heterocycles. The van der Waals surface area contributed by atoms with Crippen LogP contribution in [0.25, 0.3) is 0 Å². The molecule has 0 atom stereocenters. The average Bonchev–Trinajstić information content (AvgIpc) is 2.19. The zero-order chi connectivity index (χ0) is 9.68. The fourth-order valence-electron chi connectivity index (χ4n) is 1.02. The molecule has 0 aliphatic carbocycles. The minimum absolute atomic E-state index is 0.409. The first-order valence-corrected chi connectivity index (χ1v) is 3.99. The second-order valence-electron chi connectivity index (χ2n) is 2.47. The highest BCUT2D eigenvalue weighted by molar-refractivity contribution is 5.84. The van der Waals surface area contributed by atoms with Gasteiger partial charge in [-0.1, -0.05) is 0 Å². The molecule has 0 unspecified atom stereocenters. The van der Waals surface area contributed by atoms with E-state index in [-0.39, 0.29) is 0 Å². The lowest BCUT2D eigenvalue weighted by atomic mass is 10.1. The Labute approximate surface area is 76.3 Å². The monoisotopic (exact) mass is 178 g/mol. The van der Waals surface area contributed by atoms with Crippen LogP contribution in [0.1, 0.15) is 27.6 Å². The summed E-state index contributed by atoms with van der Waals surface area (Å²) in [4.78, 5) is 21.0. The van der Waals surface area contributed by atoms with E-state index in [1.807, 2.05) is 6.92 Å². The summed E-state index contributed by atoms with van der Waals surface area (Å²) >= 11 is 0. The van der Waals surface area contributed by atoms with Crippen molar-refractivity contribution >= 4 is 12.6 Å². The molecule has 0 bridgehead atoms. The molecule has 68 valence electrons. The number of hydrogen-bond donors (Lipinski definition) is 0. The third kappa shape index (κ3) is 2.15. The third-order valence-corrected chi connectivity index (χ3v) is 1.60. The number of rotatable bonds is 4. The van der Waals surface area contributed by atoms with Crippen LogP contribution in [0, 0.1) is 0 Å². The summed E-state index contributed by atoms with van der Waals surface area (Å²) in [5.41, 5.74) is 0.886. The van der Waals surface area contributed by atoms with Gasteiger partial charge in [-0.05, 0) is 25.1 Å². The van der Waals surface area contributed by atoms with Crippen LogP contribution in [0.3, 0.4) is 0 Å². The van der Waals surface area contributed by atoms with Crippen LogP contribution in [-0.2, 0) is 0 Å². The van der Waals surface area contributed by atoms with Gasteiger partial charge < -0.3 is 4.74 Å². The first-order valence-electron chi connectivity index (χ1n) is 3.99. The molecular weight excluding hydrogens is 168 g/mol. The summed E-state index contributed by atoms with van der Waals surface area (Å²) < 4.78 is 5.18. The second-order valence-corrected chi connectivity index (χ2v) is 2.47. The van der Waals surface area contributed by atoms with Gasteiger partial charge in [-0.2, -0.15) is 0 Å². The highest BCUT2D eigenvalue weighted by Gasteiger charge is 2.02. The summed E-state index contributed by atoms with van der Waals surface area (Å²) in [5.74, 6) is 0.517. The lowest BCUT2D eigenvalue weighted by molar-refractivity contribution is 0.111. The van der Waals surface area contributed by atoms with E-state index >= 15 is 0 Å². The lowest BCUT2D eigenvalue weighted by Crippen LogP contribution is -1.96. The van der Waals surface area contributed by atoms with E-state index in [0.717, 1.165) is 0 Å². The van der Waals surface area contributed by atoms with Crippen molar-refractivity contribution < 1.29 is 14.3 Å². The van der Waals surface area contributed by atoms with Crippen LogP contribution in [0.15, 0.2) is 18.2 Å². The molecule has 1 rings (SSSR count). The van der Waals surface area contributed by atoms with E-state index in [0.29, 0.717) is 36.1 Å². The molecule has 13 heavy (non-hydrogen) atoms. The van der Waals surface area contributed by atoms with Gasteiger partial charge in [0.1, 0.15) is 12.0 Å². The first-order chi connectivity index (χ1) is 6.31. The molecular formula is C10H10O3. The number of carbonyl (C=O) groups is 2. The predicted molar refractivity (Wildman–Crippen MR) is 48.4 cm³/mol. The van der Waals surface area contributed by atoms with Crippen LogP contribution < -0.4 is 4.74 Å². The SMILES string of the molecule is CCOc1ccc(C=O)cc1C=O. The Bertz CT molecular complexity index is 318. The van der Waals surface area contributed by atoms with Gasteiger partial charge in [-0.3, -0.25) is 9.59 Å². The predicted octanol–water partition coefficient (Wildman–Crippen LogP) is 1.71. The van der Waals surface area contributed by atoms with Crippen molar-refractivity contribution in [2.45, 2.75) is 6.92 Å². The van der Waals surface area contributed by atoms with Gasteiger partial charge >= 0.3 is 0 Å². The van der Waals surface area contributed by atoms with E-state index in [2.05, 4.69) is 0 Å². The largest absolute Gasteiger partial charge is 0.493 e. The molecule has 0 amide bonds. The Hall–Kier alpha value is -1.64. The Balaban J connectivity index is 3.07. The number of aldehydes is 2. The van der Waals surface area contributed by atoms with Crippen LogP contribution in [0.2, 0.25) is 0 Å². The van der Waals surface area contributed by atoms with Crippen molar-refractivity contribution in [3.63, 3.8) is 0 Å². The van der Waals surface area contributed by atoms with Gasteiger partial charge in [0.25, 0.3) is 0 Å². The number of carbonyl (C=O) groups excluding carboxylic acids is 2. The summed E-state index contributed by atoms with van der Waals surface area (Å²) in [6.45, 7) is 2.34. The second kappa shape index (κ2) is 4.40. The number of benzene rings is 1. The molecule has 0 fully saturated rings. The molecule has 1 aromatic rings. The molecule has 3 heteroatoms. The summed E-state index contributed by atoms with van der Waals surface area (Å²) in [6.07, 6.45) is 1.38. The minimum atomic E-state index is 0.409. The minimum Gasteiger partial charge on any atom is -0.493 e. The molecule has 0 aliphatic heterocycles. The van der Waals surface area contributed by atoms with Gasteiger partial charge in [0.2, 0.25) is 0 Å². The maximum Gasteiger partial charge on any atom is 0.153 e. The van der Waals surface area contributed by atoms with Crippen LogP contribution in [0.5, 0.6) is 5.75 Å². The summed E-state index contributed by atoms with van der Waals surface area (Å²) in [7, 11) is 0. The molecule has 0 aliphatic rings. The Kier molecular flexibility index (Phi) is 3.20. The molecule has 0 saturated carbocycles. The van der Waals surface area contributed by atoms with Crippen molar-refractivity contribution in [3.8, 4) is 5.75 Å². The fraction of sp³-hybridized carbons (Fsp3) is 0.200. The van der Waals surface area contributed by atoms with Gasteiger partial charge in [0.15, 0.2) is 6.29 Å². The molecule has 0 spiro atoms. The van der Waals surface area contributed by atoms with Gasteiger partial charge in [0, 0.05) is 5.56 Å². The first kappa shape index (κ1) is 9.45. The van der Waals surface area contributed by atoms with Crippen molar-refractivity contribution in [1.29, 1.82) is 0 Å². The van der Waals surface area contributed by atoms with Gasteiger partial charge in [0.05, 0.1) is 12.2 Å². The zero-order valence-corrected chi connectivity index (χ0v) is 7.32. The van der Waals surface area contributed by atoms with E-state index in [9.17, 15) is 9.59 Å². The van der Waals surface area contributed by atoms with Crippen LogP contribution in [-0.4, -0.2) is 19.2 Å². The summed E-state index contributed by atoms with van der Waals surface area (Å²) in [6, 6.07) is 4.74. The van der Waals surface area contributed by atoms with E-state index in [1.54, 1.807) is 12.1 Å². The fourth-order valence-corrected chi connectivity index (χ4v) is 1.02. The quantitative estimate of drug-likeness (QED) is 0.659. The standard InChI is InChI=1S/C10H10O3/c1-2-13-10-4-3-8(6-11)5-9(10)7-12/h3-7H,2H2,1H3. The van der Waals surface area contributed by atoms with Crippen molar-refractivity contribution in [2.24, 2.45) is 0 Å². The summed E-state index contributed by atoms with van der Waals surface area (Å²) in [5, 5.41) is 0. The van der Waals surface area contributed by atoms with Crippen molar-refractivity contribution in [3.05, 3.63) is 29.3 Å². The smallest absolute Gasteiger partial charge is 0.153 e. The van der Waals surface area contributed by atoms with E-state index < -0.39 is 0 Å². The molecule has 0 N–H and O–H groups in total. The Morgan fingerprint density at radius 3 is 2.62 bits per heavy atom. The van der Waals surface area contributed by atoms with Crippen LogP contribution in [0.4, 0.5) is 0 Å². The van der Waals surface area contributed by atoms with Crippen molar-refractivity contribution in [1.82, 2.24) is 0 Å². The van der Waals surface area contributed by atoms with E-state index in [4.69, 9.17) is 4.74 Å². The maximum absolute atomic E-state index is 10.6. The van der Waals surface area contributed by atoms with Gasteiger partial charge in [-0.15, -0.1) is 0 Å². The van der Waals surface area contributed by atoms with Crippen molar-refractivity contribution in [2.75, 3.05) is 6.61 Å². The Morgan fingerprint density at radius 1 is 1.31 bits per heavy atom. The van der Waals surface area contributed by atoms with Crippen LogP contribution >= 0.6 is 0 Å². The highest BCUT2D eigenvalue weighted by Crippen LogP contribution is 2.17. The normalized spacial score (nSPS) is 9.31. The maximum atomic E-state index is 10.6. The number of hydrogen-bond acceptors (Lipinski definition) is 3. The lowest BCUT2D eigenvalue weighted by Gasteiger charge is -2.05. The molecule has 0 radical (unpaired) electrons. The molecule has 0 heterocycles. The highest BCUT2D eigenvalue weighted by atomic mass is 16.5. The number of ether oxygens (including phenoxy) is 1. The average molecular weight is 178 g/mol.